The van der Waals surface area contributed by atoms with Gasteiger partial charge in [0.05, 0.1) is 4.92 Å². The molecule has 1 heterocycles. The number of nitrogens with zero attached hydrogens (tertiary/aromatic N) is 3. The Bertz CT molecular complexity index is 395. The number of aromatic nitrogens is 2. The average Bonchev–Trinajstić information content (AvgIpc) is 2.18. The quantitative estimate of drug-likeness (QED) is 0.341. The molecule has 0 atom stereocenters. The predicted molar refractivity (Wildman–Crippen MR) is 54.0 cm³/mol. The maximum absolute atomic E-state index is 10.6. The Morgan fingerprint density at radius 1 is 1.73 bits per heavy atom. The summed E-state index contributed by atoms with van der Waals surface area (Å²) in [6.45, 7) is 2.01. The molecular formula is C8H8ClN3O3. The number of hydrogen-bond donors (Lipinski definition) is 0. The first kappa shape index (κ1) is 11.4. The van der Waals surface area contributed by atoms with E-state index in [4.69, 9.17) is 16.3 Å². The van der Waals surface area contributed by atoms with E-state index in [9.17, 15) is 10.1 Å². The van der Waals surface area contributed by atoms with E-state index in [0.717, 1.165) is 6.20 Å². The first-order valence-electron chi connectivity index (χ1n) is 4.06. The van der Waals surface area contributed by atoms with E-state index >= 15 is 0 Å². The number of halogens is 1. The lowest BCUT2D eigenvalue weighted by Gasteiger charge is -2.02. The Morgan fingerprint density at radius 3 is 3.07 bits per heavy atom. The second-order valence-corrected chi connectivity index (χ2v) is 2.80. The lowest BCUT2D eigenvalue weighted by atomic mass is 10.5. The molecule has 15 heavy (non-hydrogen) atoms. The Balaban J connectivity index is 2.91. The van der Waals surface area contributed by atoms with E-state index in [2.05, 4.69) is 9.97 Å². The van der Waals surface area contributed by atoms with Crippen molar-refractivity contribution in [2.75, 3.05) is 6.61 Å². The van der Waals surface area contributed by atoms with E-state index in [0.29, 0.717) is 0 Å². The highest BCUT2D eigenvalue weighted by molar-refractivity contribution is 6.28. The van der Waals surface area contributed by atoms with Gasteiger partial charge in [-0.05, 0) is 18.5 Å². The highest BCUT2D eigenvalue weighted by Gasteiger charge is 2.17. The minimum absolute atomic E-state index is 0.0870. The molecule has 0 bridgehead atoms. The van der Waals surface area contributed by atoms with Crippen molar-refractivity contribution >= 4 is 17.3 Å². The van der Waals surface area contributed by atoms with Crippen LogP contribution >= 0.6 is 11.6 Å². The highest BCUT2D eigenvalue weighted by Crippen LogP contribution is 2.24. The van der Waals surface area contributed by atoms with Crippen molar-refractivity contribution in [3.05, 3.63) is 33.7 Å². The largest absolute Gasteiger partial charge is 0.468 e. The topological polar surface area (TPSA) is 78.2 Å². The third kappa shape index (κ3) is 3.17. The van der Waals surface area contributed by atoms with Crippen molar-refractivity contribution in [2.45, 2.75) is 6.92 Å². The minimum Gasteiger partial charge on any atom is -0.468 e. The molecule has 0 aliphatic heterocycles. The van der Waals surface area contributed by atoms with Gasteiger partial charge in [-0.2, -0.15) is 4.98 Å². The Hall–Kier alpha value is -1.69. The van der Waals surface area contributed by atoms with Gasteiger partial charge in [-0.1, -0.05) is 12.2 Å². The zero-order chi connectivity index (χ0) is 11.3. The molecule has 0 saturated heterocycles. The lowest BCUT2D eigenvalue weighted by molar-refractivity contribution is -0.386. The van der Waals surface area contributed by atoms with Crippen molar-refractivity contribution in [2.24, 2.45) is 0 Å². The van der Waals surface area contributed by atoms with Gasteiger partial charge in [0.15, 0.2) is 0 Å². The van der Waals surface area contributed by atoms with E-state index in [-0.39, 0.29) is 23.5 Å². The third-order valence-electron chi connectivity index (χ3n) is 1.45. The number of ether oxygens (including phenoxy) is 1. The summed E-state index contributed by atoms with van der Waals surface area (Å²) in [4.78, 5) is 17.1. The van der Waals surface area contributed by atoms with E-state index in [1.54, 1.807) is 12.2 Å². The fraction of sp³-hybridized carbons (Fsp3) is 0.250. The zero-order valence-corrected chi connectivity index (χ0v) is 8.64. The summed E-state index contributed by atoms with van der Waals surface area (Å²) in [5.74, 6) is -0.127. The second-order valence-electron chi connectivity index (χ2n) is 2.47. The Labute approximate surface area is 90.7 Å². The Kier molecular flexibility index (Phi) is 3.99. The molecule has 0 aromatic carbocycles. The monoisotopic (exact) mass is 229 g/mol. The Morgan fingerprint density at radius 2 is 2.47 bits per heavy atom. The van der Waals surface area contributed by atoms with Crippen LogP contribution in [0.1, 0.15) is 6.92 Å². The summed E-state index contributed by atoms with van der Waals surface area (Å²) in [5, 5.41) is 10.5. The highest BCUT2D eigenvalue weighted by atomic mass is 35.5. The van der Waals surface area contributed by atoms with Crippen LogP contribution in [0.15, 0.2) is 18.3 Å². The lowest BCUT2D eigenvalue weighted by Crippen LogP contribution is -2.01. The smallest absolute Gasteiger partial charge is 0.349 e. The molecule has 0 spiro atoms. The summed E-state index contributed by atoms with van der Waals surface area (Å²) in [5.41, 5.74) is -0.302. The van der Waals surface area contributed by atoms with Gasteiger partial charge in [0.2, 0.25) is 5.28 Å². The van der Waals surface area contributed by atoms with E-state index in [1.807, 2.05) is 6.92 Å². The van der Waals surface area contributed by atoms with Crippen LogP contribution < -0.4 is 4.74 Å². The molecule has 0 N–H and O–H groups in total. The van der Waals surface area contributed by atoms with Crippen LogP contribution in [0.3, 0.4) is 0 Å². The molecule has 1 aromatic heterocycles. The van der Waals surface area contributed by atoms with Crippen molar-refractivity contribution in [1.29, 1.82) is 0 Å². The van der Waals surface area contributed by atoms with Gasteiger partial charge in [0.25, 0.3) is 5.88 Å². The molecule has 0 unspecified atom stereocenters. The van der Waals surface area contributed by atoms with Gasteiger partial charge >= 0.3 is 5.69 Å². The summed E-state index contributed by atoms with van der Waals surface area (Å²) in [6, 6.07) is 0. The van der Waals surface area contributed by atoms with E-state index < -0.39 is 4.92 Å². The third-order valence-corrected chi connectivity index (χ3v) is 1.64. The van der Waals surface area contributed by atoms with Crippen LogP contribution in [-0.4, -0.2) is 21.5 Å². The maximum atomic E-state index is 10.6. The van der Waals surface area contributed by atoms with Gasteiger partial charge in [0.1, 0.15) is 12.8 Å². The standard InChI is InChI=1S/C8H8ClN3O3/c1-2-3-4-15-7-6(12(13)14)5-10-8(9)11-7/h2-3,5H,4H2,1H3/b3-2+. The number of allylic oxidation sites excluding steroid dienone is 1. The predicted octanol–water partition coefficient (Wildman–Crippen LogP) is 1.99. The fourth-order valence-corrected chi connectivity index (χ4v) is 0.920. The first-order valence-corrected chi connectivity index (χ1v) is 4.44. The van der Waals surface area contributed by atoms with Gasteiger partial charge in [0, 0.05) is 0 Å². The van der Waals surface area contributed by atoms with Crippen LogP contribution in [0.2, 0.25) is 5.28 Å². The average molecular weight is 230 g/mol. The normalized spacial score (nSPS) is 10.5. The maximum Gasteiger partial charge on any atom is 0.349 e. The van der Waals surface area contributed by atoms with Crippen LogP contribution in [-0.2, 0) is 0 Å². The summed E-state index contributed by atoms with van der Waals surface area (Å²) >= 11 is 5.49. The molecule has 0 saturated carbocycles. The molecule has 6 nitrogen and oxygen atoms in total. The molecule has 0 aliphatic rings. The molecule has 7 heteroatoms. The van der Waals surface area contributed by atoms with Gasteiger partial charge in [-0.3, -0.25) is 10.1 Å². The van der Waals surface area contributed by atoms with Crippen molar-refractivity contribution in [1.82, 2.24) is 9.97 Å². The number of rotatable bonds is 4. The fourth-order valence-electron chi connectivity index (χ4n) is 0.794. The van der Waals surface area contributed by atoms with Crippen LogP contribution in [0.5, 0.6) is 5.88 Å². The molecule has 80 valence electrons. The first-order chi connectivity index (χ1) is 7.15. The summed E-state index contributed by atoms with van der Waals surface area (Å²) in [6.07, 6.45) is 4.47. The van der Waals surface area contributed by atoms with Gasteiger partial charge in [-0.25, -0.2) is 4.98 Å². The van der Waals surface area contributed by atoms with Crippen LogP contribution in [0.25, 0.3) is 0 Å². The number of hydrogen-bond acceptors (Lipinski definition) is 5. The van der Waals surface area contributed by atoms with Gasteiger partial charge < -0.3 is 4.74 Å². The molecule has 1 aromatic rings. The van der Waals surface area contributed by atoms with Crippen molar-refractivity contribution in [3.63, 3.8) is 0 Å². The van der Waals surface area contributed by atoms with Crippen LogP contribution in [0, 0.1) is 10.1 Å². The van der Waals surface area contributed by atoms with Crippen molar-refractivity contribution < 1.29 is 9.66 Å². The SMILES string of the molecule is C/C=C/COc1nc(Cl)ncc1[N+](=O)[O-]. The second kappa shape index (κ2) is 5.26. The molecule has 1 rings (SSSR count). The molecule has 0 fully saturated rings. The summed E-state index contributed by atoms with van der Waals surface area (Å²) in [7, 11) is 0. The van der Waals surface area contributed by atoms with Gasteiger partial charge in [-0.15, -0.1) is 0 Å². The number of nitro groups is 1. The van der Waals surface area contributed by atoms with E-state index in [1.165, 1.54) is 0 Å². The molecule has 0 radical (unpaired) electrons. The molecule has 0 amide bonds. The minimum atomic E-state index is -0.624. The van der Waals surface area contributed by atoms with Crippen LogP contribution in [0.4, 0.5) is 5.69 Å². The molecular weight excluding hydrogens is 222 g/mol. The zero-order valence-electron chi connectivity index (χ0n) is 7.88. The summed E-state index contributed by atoms with van der Waals surface area (Å²) < 4.78 is 5.06. The van der Waals surface area contributed by atoms with Crippen molar-refractivity contribution in [3.8, 4) is 5.88 Å². The molecule has 0 aliphatic carbocycles.